The molecule has 0 heterocycles. The lowest BCUT2D eigenvalue weighted by Crippen LogP contribution is -2.53. The second-order valence-corrected chi connectivity index (χ2v) is 6.29. The van der Waals surface area contributed by atoms with Gasteiger partial charge < -0.3 is 9.47 Å². The third kappa shape index (κ3) is 8.50. The molecule has 0 saturated carbocycles. The van der Waals surface area contributed by atoms with Crippen molar-refractivity contribution in [2.75, 3.05) is 31.8 Å². The van der Waals surface area contributed by atoms with Crippen molar-refractivity contribution in [3.05, 3.63) is 0 Å². The maximum Gasteiger partial charge on any atom is 0.326 e. The van der Waals surface area contributed by atoms with Crippen LogP contribution in [0.4, 0.5) is 0 Å². The van der Waals surface area contributed by atoms with Gasteiger partial charge in [-0.05, 0) is 52.0 Å². The van der Waals surface area contributed by atoms with Crippen LogP contribution in [0.3, 0.4) is 0 Å². The van der Waals surface area contributed by atoms with Crippen molar-refractivity contribution in [1.82, 2.24) is 5.32 Å². The molecule has 5 heteroatoms. The van der Waals surface area contributed by atoms with Gasteiger partial charge in [-0.3, -0.25) is 10.1 Å². The molecule has 0 aromatic heterocycles. The standard InChI is InChI=1S/C14H29NO3S/c1-6-18-13(16)14(4,15-12(2)3)8-11-19-10-7-9-17-5/h12,15H,6-11H2,1-5H3. The molecule has 4 nitrogen and oxygen atoms in total. The topological polar surface area (TPSA) is 47.6 Å². The molecular formula is C14H29NO3S. The molecule has 1 N–H and O–H groups in total. The molecule has 114 valence electrons. The molecule has 1 atom stereocenters. The van der Waals surface area contributed by atoms with Crippen molar-refractivity contribution in [3.8, 4) is 0 Å². The van der Waals surface area contributed by atoms with Crippen molar-refractivity contribution in [3.63, 3.8) is 0 Å². The normalized spacial score (nSPS) is 14.4. The highest BCUT2D eigenvalue weighted by Gasteiger charge is 2.34. The number of hydrogen-bond donors (Lipinski definition) is 1. The van der Waals surface area contributed by atoms with Crippen molar-refractivity contribution in [2.24, 2.45) is 0 Å². The van der Waals surface area contributed by atoms with Crippen LogP contribution in [0.15, 0.2) is 0 Å². The fourth-order valence-corrected chi connectivity index (χ4v) is 2.92. The van der Waals surface area contributed by atoms with Gasteiger partial charge in [0.25, 0.3) is 0 Å². The molecule has 0 aromatic rings. The number of esters is 1. The van der Waals surface area contributed by atoms with Gasteiger partial charge in [0.15, 0.2) is 0 Å². The second-order valence-electron chi connectivity index (χ2n) is 5.06. The molecule has 0 spiro atoms. The minimum atomic E-state index is -0.585. The first-order chi connectivity index (χ1) is 8.96. The van der Waals surface area contributed by atoms with E-state index in [0.717, 1.165) is 31.0 Å². The highest BCUT2D eigenvalue weighted by atomic mass is 32.2. The van der Waals surface area contributed by atoms with Crippen molar-refractivity contribution < 1.29 is 14.3 Å². The lowest BCUT2D eigenvalue weighted by Gasteiger charge is -2.30. The van der Waals surface area contributed by atoms with E-state index in [1.165, 1.54) is 0 Å². The van der Waals surface area contributed by atoms with Crippen LogP contribution >= 0.6 is 11.8 Å². The minimum Gasteiger partial charge on any atom is -0.465 e. The monoisotopic (exact) mass is 291 g/mol. The van der Waals surface area contributed by atoms with E-state index in [9.17, 15) is 4.79 Å². The van der Waals surface area contributed by atoms with Crippen LogP contribution in [-0.2, 0) is 14.3 Å². The summed E-state index contributed by atoms with van der Waals surface area (Å²) in [5.74, 6) is 1.86. The van der Waals surface area contributed by atoms with Crippen LogP contribution in [0.1, 0.15) is 40.5 Å². The number of hydrogen-bond acceptors (Lipinski definition) is 5. The van der Waals surface area contributed by atoms with Crippen molar-refractivity contribution in [1.29, 1.82) is 0 Å². The van der Waals surface area contributed by atoms with E-state index in [4.69, 9.17) is 9.47 Å². The van der Waals surface area contributed by atoms with E-state index in [-0.39, 0.29) is 12.0 Å². The fraction of sp³-hybridized carbons (Fsp3) is 0.929. The molecule has 0 radical (unpaired) electrons. The van der Waals surface area contributed by atoms with Gasteiger partial charge in [-0.1, -0.05) is 0 Å². The molecule has 1 unspecified atom stereocenters. The Morgan fingerprint density at radius 2 is 2.05 bits per heavy atom. The predicted molar refractivity (Wildman–Crippen MR) is 81.7 cm³/mol. The van der Waals surface area contributed by atoms with Crippen molar-refractivity contribution >= 4 is 17.7 Å². The Hall–Kier alpha value is -0.260. The molecule has 0 aliphatic rings. The summed E-state index contributed by atoms with van der Waals surface area (Å²) in [5.41, 5.74) is -0.585. The van der Waals surface area contributed by atoms with Crippen LogP contribution in [0.2, 0.25) is 0 Å². The van der Waals surface area contributed by atoms with Gasteiger partial charge in [-0.2, -0.15) is 11.8 Å². The molecule has 0 bridgehead atoms. The van der Waals surface area contributed by atoms with Crippen LogP contribution in [0.25, 0.3) is 0 Å². The number of thioether (sulfide) groups is 1. The van der Waals surface area contributed by atoms with Gasteiger partial charge >= 0.3 is 5.97 Å². The molecule has 0 fully saturated rings. The Labute approximate surface area is 122 Å². The molecular weight excluding hydrogens is 262 g/mol. The van der Waals surface area contributed by atoms with E-state index in [1.807, 2.05) is 39.5 Å². The van der Waals surface area contributed by atoms with Gasteiger partial charge in [0.05, 0.1) is 6.61 Å². The summed E-state index contributed by atoms with van der Waals surface area (Å²) in [6, 6.07) is 0.257. The number of methoxy groups -OCH3 is 1. The van der Waals surface area contributed by atoms with Gasteiger partial charge in [-0.25, -0.2) is 0 Å². The summed E-state index contributed by atoms with van der Waals surface area (Å²) >= 11 is 1.85. The number of carbonyl (C=O) groups excluding carboxylic acids is 1. The fourth-order valence-electron chi connectivity index (χ4n) is 1.84. The summed E-state index contributed by atoms with van der Waals surface area (Å²) in [6.07, 6.45) is 1.83. The molecule has 0 saturated heterocycles. The molecule has 0 aromatic carbocycles. The molecule has 0 rings (SSSR count). The third-order valence-corrected chi connectivity index (χ3v) is 3.79. The van der Waals surface area contributed by atoms with Gasteiger partial charge in [0.1, 0.15) is 5.54 Å². The molecule has 0 amide bonds. The zero-order valence-corrected chi connectivity index (χ0v) is 13.8. The summed E-state index contributed by atoms with van der Waals surface area (Å²) in [6.45, 7) is 9.09. The predicted octanol–water partition coefficient (Wildman–Crippen LogP) is 2.47. The first-order valence-electron chi connectivity index (χ1n) is 6.98. The lowest BCUT2D eigenvalue weighted by molar-refractivity contribution is -0.150. The zero-order chi connectivity index (χ0) is 14.7. The van der Waals surface area contributed by atoms with E-state index in [2.05, 4.69) is 5.32 Å². The second kappa shape index (κ2) is 10.5. The summed E-state index contributed by atoms with van der Waals surface area (Å²) in [7, 11) is 1.72. The van der Waals surface area contributed by atoms with Crippen LogP contribution in [-0.4, -0.2) is 49.4 Å². The Morgan fingerprint density at radius 1 is 1.37 bits per heavy atom. The van der Waals surface area contributed by atoms with Crippen LogP contribution < -0.4 is 5.32 Å². The van der Waals surface area contributed by atoms with Gasteiger partial charge in [0.2, 0.25) is 0 Å². The quantitative estimate of drug-likeness (QED) is 0.468. The van der Waals surface area contributed by atoms with Gasteiger partial charge in [-0.15, -0.1) is 0 Å². The number of nitrogens with one attached hydrogen (secondary N) is 1. The summed E-state index contributed by atoms with van der Waals surface area (Å²) in [4.78, 5) is 12.1. The Morgan fingerprint density at radius 3 is 2.58 bits per heavy atom. The molecule has 0 aliphatic carbocycles. The molecule has 0 aliphatic heterocycles. The Balaban J connectivity index is 4.16. The SMILES string of the molecule is CCOC(=O)C(C)(CCSCCCOC)NC(C)C. The van der Waals surface area contributed by atoms with E-state index >= 15 is 0 Å². The maximum atomic E-state index is 12.1. The van der Waals surface area contributed by atoms with Gasteiger partial charge in [0, 0.05) is 19.8 Å². The minimum absolute atomic E-state index is 0.152. The number of carbonyl (C=O) groups is 1. The third-order valence-electron chi connectivity index (χ3n) is 2.72. The smallest absolute Gasteiger partial charge is 0.326 e. The van der Waals surface area contributed by atoms with Crippen LogP contribution in [0.5, 0.6) is 0 Å². The van der Waals surface area contributed by atoms with E-state index in [1.54, 1.807) is 7.11 Å². The lowest BCUT2D eigenvalue weighted by atomic mass is 9.98. The van der Waals surface area contributed by atoms with Crippen molar-refractivity contribution in [2.45, 2.75) is 52.1 Å². The average Bonchev–Trinajstić information content (AvgIpc) is 2.33. The number of ether oxygens (including phenoxy) is 2. The molecule has 19 heavy (non-hydrogen) atoms. The Bertz CT molecular complexity index is 249. The maximum absolute atomic E-state index is 12.1. The highest BCUT2D eigenvalue weighted by molar-refractivity contribution is 7.99. The Kier molecular flexibility index (Phi) is 10.4. The summed E-state index contributed by atoms with van der Waals surface area (Å²) in [5, 5.41) is 3.33. The highest BCUT2D eigenvalue weighted by Crippen LogP contribution is 2.18. The van der Waals surface area contributed by atoms with E-state index < -0.39 is 5.54 Å². The van der Waals surface area contributed by atoms with E-state index in [0.29, 0.717) is 6.61 Å². The summed E-state index contributed by atoms with van der Waals surface area (Å²) < 4.78 is 10.2. The van der Waals surface area contributed by atoms with Crippen LogP contribution in [0, 0.1) is 0 Å². The average molecular weight is 291 g/mol. The largest absolute Gasteiger partial charge is 0.465 e. The first kappa shape index (κ1) is 18.7. The zero-order valence-electron chi connectivity index (χ0n) is 13.0. The number of rotatable bonds is 11. The first-order valence-corrected chi connectivity index (χ1v) is 8.13.